The number of furan rings is 1. The molecule has 0 aromatic carbocycles. The second-order valence-corrected chi connectivity index (χ2v) is 6.40. The summed E-state index contributed by atoms with van der Waals surface area (Å²) < 4.78 is 10.6. The maximum absolute atomic E-state index is 12.5. The zero-order valence-corrected chi connectivity index (χ0v) is 13.7. The van der Waals surface area contributed by atoms with Gasteiger partial charge in [-0.25, -0.2) is 0 Å². The number of β-amino-alcohol motifs (C(OH)–C–C–N with tert-alkyl or cyclic N) is 1. The maximum atomic E-state index is 12.5. The second kappa shape index (κ2) is 7.47. The Hall–Kier alpha value is -1.37. The SMILES string of the molecule is CCOC[C@H](O)CN1CCN(C(=O)[C@H]2C[C@@H]2c2ccco2)CC1. The summed E-state index contributed by atoms with van der Waals surface area (Å²) in [6, 6.07) is 3.83. The Labute approximate surface area is 137 Å². The number of aliphatic hydroxyl groups excluding tert-OH is 1. The zero-order chi connectivity index (χ0) is 16.2. The van der Waals surface area contributed by atoms with Crippen LogP contribution in [0.3, 0.4) is 0 Å². The average Bonchev–Trinajstić information content (AvgIpc) is 3.18. The van der Waals surface area contributed by atoms with Gasteiger partial charge < -0.3 is 19.2 Å². The van der Waals surface area contributed by atoms with Crippen molar-refractivity contribution in [3.63, 3.8) is 0 Å². The van der Waals surface area contributed by atoms with Gasteiger partial charge in [0.1, 0.15) is 5.76 Å². The molecule has 0 spiro atoms. The van der Waals surface area contributed by atoms with Crippen LogP contribution in [0.15, 0.2) is 22.8 Å². The molecule has 1 amide bonds. The summed E-state index contributed by atoms with van der Waals surface area (Å²) in [6.07, 6.45) is 2.12. The first kappa shape index (κ1) is 16.5. The Balaban J connectivity index is 1.40. The van der Waals surface area contributed by atoms with E-state index in [0.717, 1.165) is 38.4 Å². The van der Waals surface area contributed by atoms with Gasteiger partial charge in [0.25, 0.3) is 0 Å². The van der Waals surface area contributed by atoms with Crippen LogP contribution in [0.5, 0.6) is 0 Å². The van der Waals surface area contributed by atoms with Gasteiger partial charge in [-0.05, 0) is 25.5 Å². The highest BCUT2D eigenvalue weighted by Gasteiger charge is 2.47. The fourth-order valence-corrected chi connectivity index (χ4v) is 3.27. The molecule has 1 saturated carbocycles. The number of hydrogen-bond donors (Lipinski definition) is 1. The van der Waals surface area contributed by atoms with E-state index >= 15 is 0 Å². The third kappa shape index (κ3) is 4.13. The van der Waals surface area contributed by atoms with Crippen molar-refractivity contribution in [2.45, 2.75) is 25.4 Å². The lowest BCUT2D eigenvalue weighted by atomic mass is 10.2. The summed E-state index contributed by atoms with van der Waals surface area (Å²) in [5.41, 5.74) is 0. The number of ether oxygens (including phenoxy) is 1. The molecule has 2 fully saturated rings. The number of hydrogen-bond acceptors (Lipinski definition) is 5. The van der Waals surface area contributed by atoms with Gasteiger partial charge >= 0.3 is 0 Å². The highest BCUT2D eigenvalue weighted by Crippen LogP contribution is 2.48. The van der Waals surface area contributed by atoms with E-state index in [1.165, 1.54) is 0 Å². The second-order valence-electron chi connectivity index (χ2n) is 6.40. The van der Waals surface area contributed by atoms with Crippen LogP contribution in [-0.4, -0.2) is 72.9 Å². The Morgan fingerprint density at radius 3 is 2.87 bits per heavy atom. The number of carbonyl (C=O) groups excluding carboxylic acids is 1. The number of carbonyl (C=O) groups is 1. The monoisotopic (exact) mass is 322 g/mol. The molecule has 1 saturated heterocycles. The van der Waals surface area contributed by atoms with Crippen LogP contribution in [0.25, 0.3) is 0 Å². The first-order valence-electron chi connectivity index (χ1n) is 8.49. The lowest BCUT2D eigenvalue weighted by molar-refractivity contribution is -0.134. The van der Waals surface area contributed by atoms with Gasteiger partial charge in [-0.3, -0.25) is 9.69 Å². The normalized spacial score (nSPS) is 26.3. The van der Waals surface area contributed by atoms with Crippen LogP contribution >= 0.6 is 0 Å². The predicted octanol–water partition coefficient (Wildman–Crippen LogP) is 0.925. The molecule has 2 aliphatic rings. The summed E-state index contributed by atoms with van der Waals surface area (Å²) in [4.78, 5) is 16.7. The molecule has 6 nitrogen and oxygen atoms in total. The van der Waals surface area contributed by atoms with E-state index in [0.29, 0.717) is 19.8 Å². The first-order valence-corrected chi connectivity index (χ1v) is 8.49. The van der Waals surface area contributed by atoms with Crippen molar-refractivity contribution in [2.75, 3.05) is 45.9 Å². The van der Waals surface area contributed by atoms with Crippen molar-refractivity contribution in [3.05, 3.63) is 24.2 Å². The fourth-order valence-electron chi connectivity index (χ4n) is 3.27. The quantitative estimate of drug-likeness (QED) is 0.809. The fraction of sp³-hybridized carbons (Fsp3) is 0.706. The van der Waals surface area contributed by atoms with E-state index < -0.39 is 6.10 Å². The van der Waals surface area contributed by atoms with Crippen LogP contribution in [0.2, 0.25) is 0 Å². The third-order valence-corrected chi connectivity index (χ3v) is 4.68. The van der Waals surface area contributed by atoms with Gasteiger partial charge in [0.2, 0.25) is 5.91 Å². The van der Waals surface area contributed by atoms with Crippen molar-refractivity contribution in [3.8, 4) is 0 Å². The molecule has 1 aliphatic carbocycles. The molecule has 3 atom stereocenters. The van der Waals surface area contributed by atoms with Gasteiger partial charge in [0.05, 0.1) is 19.0 Å². The van der Waals surface area contributed by atoms with Gasteiger partial charge in [-0.15, -0.1) is 0 Å². The molecule has 1 aliphatic heterocycles. The van der Waals surface area contributed by atoms with Gasteiger partial charge in [-0.1, -0.05) is 0 Å². The molecule has 0 unspecified atom stereocenters. The molecule has 0 radical (unpaired) electrons. The largest absolute Gasteiger partial charge is 0.469 e. The van der Waals surface area contributed by atoms with Crippen LogP contribution in [0.4, 0.5) is 0 Å². The van der Waals surface area contributed by atoms with Gasteiger partial charge in [0, 0.05) is 51.2 Å². The minimum absolute atomic E-state index is 0.0937. The summed E-state index contributed by atoms with van der Waals surface area (Å²) in [6.45, 7) is 6.63. The van der Waals surface area contributed by atoms with Crippen molar-refractivity contribution in [1.82, 2.24) is 9.80 Å². The van der Waals surface area contributed by atoms with E-state index in [-0.39, 0.29) is 17.7 Å². The number of piperazine rings is 1. The molecular formula is C17H26N2O4. The summed E-state index contributed by atoms with van der Waals surface area (Å²) in [5, 5.41) is 9.89. The lowest BCUT2D eigenvalue weighted by Crippen LogP contribution is -2.51. The van der Waals surface area contributed by atoms with Gasteiger partial charge in [0.15, 0.2) is 0 Å². The van der Waals surface area contributed by atoms with E-state index in [1.54, 1.807) is 6.26 Å². The summed E-state index contributed by atoms with van der Waals surface area (Å²) in [7, 11) is 0. The van der Waals surface area contributed by atoms with Crippen LogP contribution in [0.1, 0.15) is 25.0 Å². The first-order chi connectivity index (χ1) is 11.2. The van der Waals surface area contributed by atoms with Crippen LogP contribution in [-0.2, 0) is 9.53 Å². The molecule has 3 rings (SSSR count). The zero-order valence-electron chi connectivity index (χ0n) is 13.7. The minimum atomic E-state index is -0.455. The predicted molar refractivity (Wildman–Crippen MR) is 85.1 cm³/mol. The van der Waals surface area contributed by atoms with Crippen LogP contribution < -0.4 is 0 Å². The highest BCUT2D eigenvalue weighted by molar-refractivity contribution is 5.83. The van der Waals surface area contributed by atoms with E-state index in [4.69, 9.17) is 9.15 Å². The average molecular weight is 322 g/mol. The maximum Gasteiger partial charge on any atom is 0.226 e. The standard InChI is InChI=1S/C17H26N2O4/c1-2-22-12-13(20)11-18-5-7-19(8-6-18)17(21)15-10-14(15)16-4-3-9-23-16/h3-4,9,13-15,20H,2,5-8,10-12H2,1H3/t13-,14+,15+/m1/s1. The Morgan fingerprint density at radius 2 is 2.22 bits per heavy atom. The molecule has 6 heteroatoms. The molecule has 1 N–H and O–H groups in total. The number of amides is 1. The topological polar surface area (TPSA) is 66.2 Å². The Bertz CT molecular complexity index is 497. The molecule has 1 aromatic heterocycles. The van der Waals surface area contributed by atoms with E-state index in [2.05, 4.69) is 4.90 Å². The molecule has 23 heavy (non-hydrogen) atoms. The Morgan fingerprint density at radius 1 is 1.43 bits per heavy atom. The Kier molecular flexibility index (Phi) is 5.35. The number of aliphatic hydroxyl groups is 1. The van der Waals surface area contributed by atoms with Crippen LogP contribution in [0, 0.1) is 5.92 Å². The third-order valence-electron chi connectivity index (χ3n) is 4.68. The molecular weight excluding hydrogens is 296 g/mol. The number of rotatable bonds is 7. The molecule has 1 aromatic rings. The minimum Gasteiger partial charge on any atom is -0.469 e. The van der Waals surface area contributed by atoms with Crippen molar-refractivity contribution in [1.29, 1.82) is 0 Å². The molecule has 128 valence electrons. The highest BCUT2D eigenvalue weighted by atomic mass is 16.5. The molecule has 2 heterocycles. The summed E-state index contributed by atoms with van der Waals surface area (Å²) >= 11 is 0. The smallest absolute Gasteiger partial charge is 0.226 e. The van der Waals surface area contributed by atoms with Crippen molar-refractivity contribution in [2.24, 2.45) is 5.92 Å². The van der Waals surface area contributed by atoms with Crippen molar-refractivity contribution >= 4 is 5.91 Å². The lowest BCUT2D eigenvalue weighted by Gasteiger charge is -2.35. The molecule has 0 bridgehead atoms. The number of nitrogens with zero attached hydrogens (tertiary/aromatic N) is 2. The summed E-state index contributed by atoms with van der Waals surface area (Å²) in [5.74, 6) is 1.54. The van der Waals surface area contributed by atoms with E-state index in [9.17, 15) is 9.90 Å². The van der Waals surface area contributed by atoms with Crippen molar-refractivity contribution < 1.29 is 19.1 Å². The van der Waals surface area contributed by atoms with Gasteiger partial charge in [-0.2, -0.15) is 0 Å². The van der Waals surface area contributed by atoms with E-state index in [1.807, 2.05) is 24.0 Å².